The summed E-state index contributed by atoms with van der Waals surface area (Å²) in [5.74, 6) is -1.57. The molecule has 2 aromatic rings. The van der Waals surface area contributed by atoms with Gasteiger partial charge in [-0.05, 0) is 38.1 Å². The first kappa shape index (κ1) is 28.9. The second kappa shape index (κ2) is 12.5. The number of nitrogens with zero attached hydrogens (tertiary/aromatic N) is 1. The van der Waals surface area contributed by atoms with E-state index in [1.807, 2.05) is 0 Å². The predicted molar refractivity (Wildman–Crippen MR) is 129 cm³/mol. The molecule has 2 amide bonds. The minimum Gasteiger partial charge on any atom is -0.478 e. The summed E-state index contributed by atoms with van der Waals surface area (Å²) < 4.78 is 70.4. The monoisotopic (exact) mass is 548 g/mol. The predicted octanol–water partition coefficient (Wildman–Crippen LogP) is 6.51. The first-order valence-electron chi connectivity index (χ1n) is 10.2. The Morgan fingerprint density at radius 1 is 1.17 bits per heavy atom. The van der Waals surface area contributed by atoms with Gasteiger partial charge in [-0.3, -0.25) is 4.90 Å². The number of allylic oxidation sites excluding steroid dienone is 2. The van der Waals surface area contributed by atoms with Crippen LogP contribution in [0.15, 0.2) is 48.2 Å². The number of thiocarbonyl (C=S) groups is 1. The molecule has 0 aliphatic rings. The number of carbonyl (C=O) groups is 2. The summed E-state index contributed by atoms with van der Waals surface area (Å²) in [6, 6.07) is 6.68. The zero-order valence-electron chi connectivity index (χ0n) is 19.2. The summed E-state index contributed by atoms with van der Waals surface area (Å²) in [6.45, 7) is 2.65. The fourth-order valence-corrected chi connectivity index (χ4v) is 2.99. The van der Waals surface area contributed by atoms with Crippen molar-refractivity contribution in [2.45, 2.75) is 20.0 Å². The van der Waals surface area contributed by atoms with Crippen LogP contribution in [0.2, 0.25) is 5.02 Å². The van der Waals surface area contributed by atoms with Crippen molar-refractivity contribution in [2.75, 3.05) is 25.6 Å². The molecule has 0 aliphatic carbocycles. The molecule has 0 saturated carbocycles. The first-order valence-corrected chi connectivity index (χ1v) is 11.0. The van der Waals surface area contributed by atoms with Crippen LogP contribution in [0, 0.1) is 5.82 Å². The van der Waals surface area contributed by atoms with Gasteiger partial charge < -0.3 is 19.5 Å². The second-order valence-corrected chi connectivity index (χ2v) is 8.08. The summed E-state index contributed by atoms with van der Waals surface area (Å²) in [5, 5.41) is 1.85. The SMILES string of the molecule is CCOC(=O)COc1ccccc1Oc1cc(NC(=O)N(C)/C(=C\C(C)=S)C(F)(F)F)c(F)cc1Cl. The summed E-state index contributed by atoms with van der Waals surface area (Å²) >= 11 is 10.7. The topological polar surface area (TPSA) is 77.1 Å². The number of ether oxygens (including phenoxy) is 3. The van der Waals surface area contributed by atoms with Gasteiger partial charge in [0.25, 0.3) is 0 Å². The molecule has 36 heavy (non-hydrogen) atoms. The number of nitrogens with one attached hydrogen (secondary N) is 1. The second-order valence-electron chi connectivity index (χ2n) is 7.03. The van der Waals surface area contributed by atoms with Crippen molar-refractivity contribution in [3.05, 3.63) is 59.0 Å². The maximum Gasteiger partial charge on any atom is 0.431 e. The Labute approximate surface area is 214 Å². The van der Waals surface area contributed by atoms with Crippen LogP contribution < -0.4 is 14.8 Å². The molecular formula is C23H21ClF4N2O5S. The summed E-state index contributed by atoms with van der Waals surface area (Å²) in [5.41, 5.74) is -1.84. The number of para-hydroxylation sites is 2. The largest absolute Gasteiger partial charge is 0.478 e. The Balaban J connectivity index is 2.29. The fourth-order valence-electron chi connectivity index (χ4n) is 2.68. The van der Waals surface area contributed by atoms with Crippen molar-refractivity contribution in [3.63, 3.8) is 0 Å². The quantitative estimate of drug-likeness (QED) is 0.166. The van der Waals surface area contributed by atoms with E-state index >= 15 is 0 Å². The van der Waals surface area contributed by atoms with Gasteiger partial charge in [0.05, 0.1) is 17.3 Å². The molecule has 0 radical (unpaired) electrons. The Bertz CT molecular complexity index is 1170. The highest BCUT2D eigenvalue weighted by Crippen LogP contribution is 2.38. The number of benzene rings is 2. The molecule has 0 aromatic heterocycles. The van der Waals surface area contributed by atoms with Crippen LogP contribution in [0.5, 0.6) is 17.2 Å². The van der Waals surface area contributed by atoms with Gasteiger partial charge in [0.15, 0.2) is 18.1 Å². The van der Waals surface area contributed by atoms with E-state index in [-0.39, 0.29) is 38.6 Å². The van der Waals surface area contributed by atoms with Crippen molar-refractivity contribution >= 4 is 46.4 Å². The van der Waals surface area contributed by atoms with Gasteiger partial charge in [0.1, 0.15) is 17.3 Å². The van der Waals surface area contributed by atoms with Crippen molar-refractivity contribution in [1.82, 2.24) is 4.90 Å². The number of amides is 2. The molecule has 194 valence electrons. The third-order valence-corrected chi connectivity index (χ3v) is 4.69. The number of esters is 1. The maximum atomic E-state index is 14.5. The Hall–Kier alpha value is -3.38. The number of carbonyl (C=O) groups excluding carboxylic acids is 2. The molecule has 13 heteroatoms. The zero-order chi connectivity index (χ0) is 27.0. The smallest absolute Gasteiger partial charge is 0.431 e. The molecule has 0 saturated heterocycles. The third-order valence-electron chi connectivity index (χ3n) is 4.28. The summed E-state index contributed by atoms with van der Waals surface area (Å²) in [6.07, 6.45) is -4.29. The molecule has 0 unspecified atom stereocenters. The van der Waals surface area contributed by atoms with Gasteiger partial charge in [-0.2, -0.15) is 13.2 Å². The van der Waals surface area contributed by atoms with E-state index in [1.54, 1.807) is 19.1 Å². The molecule has 2 aromatic carbocycles. The van der Waals surface area contributed by atoms with E-state index in [4.69, 9.17) is 25.8 Å². The van der Waals surface area contributed by atoms with Gasteiger partial charge in [-0.1, -0.05) is 36.0 Å². The lowest BCUT2D eigenvalue weighted by molar-refractivity contribution is -0.145. The Morgan fingerprint density at radius 3 is 2.39 bits per heavy atom. The highest BCUT2D eigenvalue weighted by Gasteiger charge is 2.38. The molecule has 0 heterocycles. The van der Waals surface area contributed by atoms with Crippen LogP contribution in [0.1, 0.15) is 13.8 Å². The van der Waals surface area contributed by atoms with Crippen molar-refractivity contribution in [1.29, 1.82) is 0 Å². The van der Waals surface area contributed by atoms with E-state index in [9.17, 15) is 27.2 Å². The number of anilines is 1. The highest BCUT2D eigenvalue weighted by molar-refractivity contribution is 7.80. The average molecular weight is 549 g/mol. The number of hydrogen-bond donors (Lipinski definition) is 1. The normalized spacial score (nSPS) is 11.5. The van der Waals surface area contributed by atoms with Crippen LogP contribution in [-0.2, 0) is 9.53 Å². The molecule has 0 atom stereocenters. The van der Waals surface area contributed by atoms with E-state index < -0.39 is 42.0 Å². The van der Waals surface area contributed by atoms with Crippen LogP contribution in [0.4, 0.5) is 28.0 Å². The lowest BCUT2D eigenvalue weighted by atomic mass is 10.2. The van der Waals surface area contributed by atoms with Crippen LogP contribution in [0.3, 0.4) is 0 Å². The van der Waals surface area contributed by atoms with E-state index in [0.717, 1.165) is 19.2 Å². The van der Waals surface area contributed by atoms with Gasteiger partial charge in [0, 0.05) is 18.0 Å². The standard InChI is InChI=1S/C23H21ClF4N2O5S/c1-4-33-21(31)12-34-17-7-5-6-8-18(17)35-19-11-16(15(25)10-14(19)24)29-22(32)30(3)20(9-13(2)36)23(26,27)28/h5-11H,4,12H2,1-3H3,(H,29,32)/b20-9-. The highest BCUT2D eigenvalue weighted by atomic mass is 35.5. The fraction of sp³-hybridized carbons (Fsp3) is 0.261. The number of urea groups is 1. The zero-order valence-corrected chi connectivity index (χ0v) is 20.8. The molecule has 1 N–H and O–H groups in total. The molecule has 2 rings (SSSR count). The van der Waals surface area contributed by atoms with E-state index in [2.05, 4.69) is 17.5 Å². The Morgan fingerprint density at radius 2 is 1.81 bits per heavy atom. The number of halogens is 5. The van der Waals surface area contributed by atoms with Crippen LogP contribution in [0.25, 0.3) is 0 Å². The minimum absolute atomic E-state index is 0.0865. The third kappa shape index (κ3) is 8.09. The average Bonchev–Trinajstić information content (AvgIpc) is 2.78. The molecule has 0 fully saturated rings. The number of rotatable bonds is 9. The summed E-state index contributed by atoms with van der Waals surface area (Å²) in [7, 11) is 0.856. The molecule has 0 spiro atoms. The summed E-state index contributed by atoms with van der Waals surface area (Å²) in [4.78, 5) is 24.2. The molecule has 7 nitrogen and oxygen atoms in total. The maximum absolute atomic E-state index is 14.5. The lowest BCUT2D eigenvalue weighted by Crippen LogP contribution is -2.37. The van der Waals surface area contributed by atoms with Gasteiger partial charge in [-0.25, -0.2) is 14.0 Å². The lowest BCUT2D eigenvalue weighted by Gasteiger charge is -2.23. The number of hydrogen-bond acceptors (Lipinski definition) is 6. The van der Waals surface area contributed by atoms with E-state index in [0.29, 0.717) is 6.08 Å². The van der Waals surface area contributed by atoms with Crippen LogP contribution in [-0.4, -0.2) is 48.2 Å². The first-order chi connectivity index (χ1) is 16.8. The molecule has 0 bridgehead atoms. The number of alkyl halides is 3. The van der Waals surface area contributed by atoms with Gasteiger partial charge in [-0.15, -0.1) is 0 Å². The Kier molecular flexibility index (Phi) is 10.1. The van der Waals surface area contributed by atoms with Crippen LogP contribution >= 0.6 is 23.8 Å². The minimum atomic E-state index is -4.90. The molecular weight excluding hydrogens is 528 g/mol. The van der Waals surface area contributed by atoms with E-state index in [1.165, 1.54) is 19.1 Å². The van der Waals surface area contributed by atoms with Gasteiger partial charge in [0.2, 0.25) is 0 Å². The van der Waals surface area contributed by atoms with Crippen molar-refractivity contribution < 1.29 is 41.4 Å². The van der Waals surface area contributed by atoms with Crippen molar-refractivity contribution in [2.24, 2.45) is 0 Å². The van der Waals surface area contributed by atoms with Gasteiger partial charge >= 0.3 is 18.2 Å². The molecule has 0 aliphatic heterocycles. The van der Waals surface area contributed by atoms with Crippen molar-refractivity contribution in [3.8, 4) is 17.2 Å².